The van der Waals surface area contributed by atoms with Crippen LogP contribution in [0, 0.1) is 10.1 Å². The van der Waals surface area contributed by atoms with Crippen molar-refractivity contribution in [2.24, 2.45) is 0 Å². The summed E-state index contributed by atoms with van der Waals surface area (Å²) in [4.78, 5) is 9.65. The summed E-state index contributed by atoms with van der Waals surface area (Å²) in [5.41, 5.74) is 0.0193. The van der Waals surface area contributed by atoms with Crippen molar-refractivity contribution >= 4 is 13.7 Å². The molecule has 1 rings (SSSR count). The van der Waals surface area contributed by atoms with E-state index in [0.29, 0.717) is 5.75 Å². The predicted octanol–water partition coefficient (Wildman–Crippen LogP) is 1.06. The Kier molecular flexibility index (Phi) is 2.10. The summed E-state index contributed by atoms with van der Waals surface area (Å²) in [6.45, 7) is 0. The SMILES string of the molecule is [B]Oc1ccc([N+](=O)[O-])cc1. The molecule has 0 saturated carbocycles. The average molecular weight is 149 g/mol. The van der Waals surface area contributed by atoms with Crippen LogP contribution >= 0.6 is 0 Å². The molecule has 0 heterocycles. The van der Waals surface area contributed by atoms with Crippen LogP contribution in [-0.4, -0.2) is 13.0 Å². The van der Waals surface area contributed by atoms with Gasteiger partial charge in [0.1, 0.15) is 0 Å². The summed E-state index contributed by atoms with van der Waals surface area (Å²) in [6, 6.07) is 5.50. The fourth-order valence-electron chi connectivity index (χ4n) is 0.646. The van der Waals surface area contributed by atoms with E-state index in [4.69, 9.17) is 8.05 Å². The fraction of sp³-hybridized carbons (Fsp3) is 0. The Morgan fingerprint density at radius 1 is 1.36 bits per heavy atom. The molecule has 1 aromatic carbocycles. The van der Waals surface area contributed by atoms with E-state index in [1.165, 1.54) is 24.3 Å². The number of non-ortho nitro benzene ring substituents is 1. The number of benzene rings is 1. The molecule has 0 aromatic heterocycles. The van der Waals surface area contributed by atoms with Crippen molar-refractivity contribution in [3.8, 4) is 5.75 Å². The molecule has 0 N–H and O–H groups in total. The third kappa shape index (κ3) is 1.70. The van der Waals surface area contributed by atoms with Crippen LogP contribution in [0.1, 0.15) is 0 Å². The molecule has 0 amide bonds. The zero-order chi connectivity index (χ0) is 8.27. The first-order valence-corrected chi connectivity index (χ1v) is 2.85. The quantitative estimate of drug-likeness (QED) is 0.358. The molecule has 0 aliphatic heterocycles. The molecule has 11 heavy (non-hydrogen) atoms. The average Bonchev–Trinajstić information content (AvgIpc) is 2.05. The number of rotatable bonds is 2. The van der Waals surface area contributed by atoms with E-state index in [9.17, 15) is 10.1 Å². The summed E-state index contributed by atoms with van der Waals surface area (Å²) in [7, 11) is 4.81. The highest BCUT2D eigenvalue weighted by Gasteiger charge is 2.02. The smallest absolute Gasteiger partial charge is 0.374 e. The Balaban J connectivity index is 2.91. The van der Waals surface area contributed by atoms with E-state index in [1.807, 2.05) is 0 Å². The van der Waals surface area contributed by atoms with Gasteiger partial charge in [0, 0.05) is 12.1 Å². The molecule has 0 saturated heterocycles. The number of nitro benzene ring substituents is 1. The van der Waals surface area contributed by atoms with Crippen LogP contribution in [-0.2, 0) is 0 Å². The monoisotopic (exact) mass is 149 g/mol. The van der Waals surface area contributed by atoms with Gasteiger partial charge < -0.3 is 4.65 Å². The topological polar surface area (TPSA) is 52.4 Å². The fourth-order valence-corrected chi connectivity index (χ4v) is 0.646. The number of nitrogens with zero attached hydrogens (tertiary/aromatic N) is 1. The Labute approximate surface area is 64.4 Å². The third-order valence-corrected chi connectivity index (χ3v) is 1.18. The first kappa shape index (κ1) is 7.59. The van der Waals surface area contributed by atoms with Gasteiger partial charge in [-0.1, -0.05) is 0 Å². The highest BCUT2D eigenvalue weighted by atomic mass is 16.6. The molecule has 0 aliphatic carbocycles. The second-order valence-electron chi connectivity index (χ2n) is 1.87. The first-order valence-electron chi connectivity index (χ1n) is 2.85. The normalized spacial score (nSPS) is 9.09. The molecule has 5 heteroatoms. The molecule has 0 atom stereocenters. The van der Waals surface area contributed by atoms with Crippen molar-refractivity contribution in [3.63, 3.8) is 0 Å². The Hall–Kier alpha value is -1.52. The lowest BCUT2D eigenvalue weighted by atomic mass is 10.3. The molecule has 2 radical (unpaired) electrons. The largest absolute Gasteiger partial charge is 0.568 e. The third-order valence-electron chi connectivity index (χ3n) is 1.18. The molecule has 54 valence electrons. The van der Waals surface area contributed by atoms with Crippen molar-refractivity contribution in [1.29, 1.82) is 0 Å². The summed E-state index contributed by atoms with van der Waals surface area (Å²) in [5.74, 6) is 0.399. The summed E-state index contributed by atoms with van der Waals surface area (Å²) >= 11 is 0. The summed E-state index contributed by atoms with van der Waals surface area (Å²) < 4.78 is 4.33. The minimum Gasteiger partial charge on any atom is -0.568 e. The van der Waals surface area contributed by atoms with Crippen molar-refractivity contribution in [1.82, 2.24) is 0 Å². The zero-order valence-electron chi connectivity index (χ0n) is 5.56. The van der Waals surface area contributed by atoms with Gasteiger partial charge in [0.2, 0.25) is 0 Å². The molecule has 0 spiro atoms. The van der Waals surface area contributed by atoms with Crippen molar-refractivity contribution in [3.05, 3.63) is 34.4 Å². The second-order valence-corrected chi connectivity index (χ2v) is 1.87. The Morgan fingerprint density at radius 3 is 2.27 bits per heavy atom. The van der Waals surface area contributed by atoms with E-state index in [0.717, 1.165) is 0 Å². The van der Waals surface area contributed by atoms with Crippen LogP contribution in [0.25, 0.3) is 0 Å². The maximum absolute atomic E-state index is 10.1. The number of hydrogen-bond donors (Lipinski definition) is 0. The summed E-state index contributed by atoms with van der Waals surface area (Å²) in [5, 5.41) is 10.1. The molecular weight excluding hydrogens is 145 g/mol. The van der Waals surface area contributed by atoms with Gasteiger partial charge in [0.05, 0.1) is 10.7 Å². The van der Waals surface area contributed by atoms with Crippen LogP contribution in [0.15, 0.2) is 24.3 Å². The molecule has 0 aliphatic rings. The molecule has 1 aromatic rings. The van der Waals surface area contributed by atoms with Gasteiger partial charge in [-0.2, -0.15) is 0 Å². The molecule has 0 fully saturated rings. The minimum atomic E-state index is -0.486. The van der Waals surface area contributed by atoms with Gasteiger partial charge in [0.15, 0.2) is 0 Å². The lowest BCUT2D eigenvalue weighted by Gasteiger charge is -1.96. The highest BCUT2D eigenvalue weighted by Crippen LogP contribution is 2.15. The van der Waals surface area contributed by atoms with E-state index < -0.39 is 4.92 Å². The van der Waals surface area contributed by atoms with Gasteiger partial charge in [-0.15, -0.1) is 0 Å². The number of nitro groups is 1. The Bertz CT molecular complexity index is 259. The van der Waals surface area contributed by atoms with Gasteiger partial charge in [-0.25, -0.2) is 0 Å². The van der Waals surface area contributed by atoms with Gasteiger partial charge in [-0.3, -0.25) is 10.1 Å². The van der Waals surface area contributed by atoms with E-state index >= 15 is 0 Å². The van der Waals surface area contributed by atoms with E-state index in [1.54, 1.807) is 0 Å². The standard InChI is InChI=1S/C6H4BNO3/c7-11-6-3-1-5(2-4-6)8(9)10/h1-4H. The molecule has 0 unspecified atom stereocenters. The summed E-state index contributed by atoms with van der Waals surface area (Å²) in [6.07, 6.45) is 0. The van der Waals surface area contributed by atoms with Crippen LogP contribution in [0.5, 0.6) is 5.75 Å². The lowest BCUT2D eigenvalue weighted by molar-refractivity contribution is -0.384. The second kappa shape index (κ2) is 3.05. The lowest BCUT2D eigenvalue weighted by Crippen LogP contribution is -1.88. The molecule has 0 bridgehead atoms. The zero-order valence-corrected chi connectivity index (χ0v) is 5.56. The van der Waals surface area contributed by atoms with Crippen molar-refractivity contribution in [2.45, 2.75) is 0 Å². The van der Waals surface area contributed by atoms with Crippen LogP contribution in [0.4, 0.5) is 5.69 Å². The van der Waals surface area contributed by atoms with E-state index in [2.05, 4.69) is 4.65 Å². The highest BCUT2D eigenvalue weighted by molar-refractivity contribution is 5.99. The van der Waals surface area contributed by atoms with Crippen molar-refractivity contribution in [2.75, 3.05) is 0 Å². The van der Waals surface area contributed by atoms with Gasteiger partial charge in [0.25, 0.3) is 5.69 Å². The predicted molar refractivity (Wildman–Crippen MR) is 39.5 cm³/mol. The first-order chi connectivity index (χ1) is 5.24. The van der Waals surface area contributed by atoms with E-state index in [-0.39, 0.29) is 5.69 Å². The molecule has 4 nitrogen and oxygen atoms in total. The minimum absolute atomic E-state index is 0.0193. The maximum atomic E-state index is 10.1. The van der Waals surface area contributed by atoms with Crippen LogP contribution in [0.3, 0.4) is 0 Å². The molecular formula is C6H4BNO3. The number of hydrogen-bond acceptors (Lipinski definition) is 3. The van der Waals surface area contributed by atoms with Crippen molar-refractivity contribution < 1.29 is 9.58 Å². The van der Waals surface area contributed by atoms with Gasteiger partial charge in [-0.05, 0) is 12.1 Å². The Morgan fingerprint density at radius 2 is 1.91 bits per heavy atom. The van der Waals surface area contributed by atoms with Crippen LogP contribution in [0.2, 0.25) is 0 Å². The maximum Gasteiger partial charge on any atom is 0.374 e. The van der Waals surface area contributed by atoms with Crippen LogP contribution < -0.4 is 4.65 Å². The van der Waals surface area contributed by atoms with Gasteiger partial charge >= 0.3 is 8.05 Å².